The Kier molecular flexibility index (Phi) is 12.9. The normalized spacial score (nSPS) is 10.8. The number of nitrogens with zero attached hydrogens (tertiary/aromatic N) is 2. The van der Waals surface area contributed by atoms with Crippen molar-refractivity contribution in [3.05, 3.63) is 23.3 Å². The summed E-state index contributed by atoms with van der Waals surface area (Å²) in [4.78, 5) is 31.9. The highest BCUT2D eigenvalue weighted by atomic mass is 16.5. The van der Waals surface area contributed by atoms with Crippen molar-refractivity contribution in [3.63, 3.8) is 0 Å². The third-order valence-corrected chi connectivity index (χ3v) is 4.74. The molecule has 0 bridgehead atoms. The molecule has 1 N–H and O–H groups in total. The molecule has 0 saturated carbocycles. The van der Waals surface area contributed by atoms with Crippen LogP contribution in [0.25, 0.3) is 0 Å². The Morgan fingerprint density at radius 1 is 0.857 bits per heavy atom. The first-order valence-corrected chi connectivity index (χ1v) is 10.9. The van der Waals surface area contributed by atoms with Gasteiger partial charge in [-0.25, -0.2) is 19.6 Å². The van der Waals surface area contributed by atoms with Crippen LogP contribution in [0.3, 0.4) is 0 Å². The van der Waals surface area contributed by atoms with Crippen molar-refractivity contribution < 1.29 is 19.4 Å². The molecule has 28 heavy (non-hydrogen) atoms. The molecular weight excluding hydrogens is 356 g/mol. The Bertz CT molecular complexity index is 590. The van der Waals surface area contributed by atoms with Crippen molar-refractivity contribution in [1.29, 1.82) is 0 Å². The maximum absolute atomic E-state index is 12.2. The van der Waals surface area contributed by atoms with Crippen molar-refractivity contribution in [2.24, 2.45) is 0 Å². The van der Waals surface area contributed by atoms with Crippen LogP contribution in [0.2, 0.25) is 0 Å². The minimum absolute atomic E-state index is 0.204. The molecule has 1 aromatic heterocycles. The summed E-state index contributed by atoms with van der Waals surface area (Å²) < 4.78 is 5.20. The Morgan fingerprint density at radius 3 is 2.04 bits per heavy atom. The molecule has 6 heteroatoms. The summed E-state index contributed by atoms with van der Waals surface area (Å²) in [5.74, 6) is -1.95. The van der Waals surface area contributed by atoms with Crippen molar-refractivity contribution >= 4 is 11.9 Å². The molecule has 0 aliphatic rings. The van der Waals surface area contributed by atoms with Crippen LogP contribution < -0.4 is 0 Å². The van der Waals surface area contributed by atoms with E-state index < -0.39 is 11.9 Å². The SMILES string of the molecule is CCCCCCCCOC(=O)c1ncc(CCCCCCCC)nc1C(=O)O. The zero-order chi connectivity index (χ0) is 20.6. The van der Waals surface area contributed by atoms with Gasteiger partial charge in [-0.15, -0.1) is 0 Å². The molecule has 0 atom stereocenters. The van der Waals surface area contributed by atoms with Crippen LogP contribution in [-0.2, 0) is 11.2 Å². The Morgan fingerprint density at radius 2 is 1.43 bits per heavy atom. The van der Waals surface area contributed by atoms with Crippen LogP contribution in [0, 0.1) is 0 Å². The number of carbonyl (C=O) groups is 2. The molecule has 0 radical (unpaired) electrons. The standard InChI is InChI=1S/C22H36N2O4/c1-3-5-7-9-11-13-15-18-17-23-20(19(24-18)21(25)26)22(27)28-16-14-12-10-8-6-4-2/h17H,3-16H2,1-2H3,(H,25,26). The number of aromatic nitrogens is 2. The Labute approximate surface area is 169 Å². The topological polar surface area (TPSA) is 89.4 Å². The van der Waals surface area contributed by atoms with Gasteiger partial charge in [0.05, 0.1) is 12.3 Å². The number of carbonyl (C=O) groups excluding carboxylic acids is 1. The van der Waals surface area contributed by atoms with Gasteiger partial charge in [0.25, 0.3) is 0 Å². The average Bonchev–Trinajstić information content (AvgIpc) is 2.69. The lowest BCUT2D eigenvalue weighted by Crippen LogP contribution is -2.17. The summed E-state index contributed by atoms with van der Waals surface area (Å²) >= 11 is 0. The molecule has 1 aromatic rings. The van der Waals surface area contributed by atoms with E-state index in [4.69, 9.17) is 4.74 Å². The third kappa shape index (κ3) is 9.81. The van der Waals surface area contributed by atoms with Crippen molar-refractivity contribution in [2.75, 3.05) is 6.61 Å². The highest BCUT2D eigenvalue weighted by molar-refractivity contribution is 5.99. The summed E-state index contributed by atoms with van der Waals surface area (Å²) in [5, 5.41) is 9.39. The molecule has 0 aliphatic heterocycles. The summed E-state index contributed by atoms with van der Waals surface area (Å²) in [6.45, 7) is 4.64. The summed E-state index contributed by atoms with van der Waals surface area (Å²) in [6.07, 6.45) is 15.6. The van der Waals surface area contributed by atoms with Gasteiger partial charge < -0.3 is 9.84 Å². The molecular formula is C22H36N2O4. The highest BCUT2D eigenvalue weighted by Gasteiger charge is 2.22. The Balaban J connectivity index is 2.47. The number of aromatic carboxylic acids is 1. The number of unbranched alkanes of at least 4 members (excludes halogenated alkanes) is 10. The predicted octanol–water partition coefficient (Wildman–Crippen LogP) is 5.60. The van der Waals surface area contributed by atoms with Crippen LogP contribution in [0.5, 0.6) is 0 Å². The molecule has 1 heterocycles. The second-order valence-corrected chi connectivity index (χ2v) is 7.29. The zero-order valence-electron chi connectivity index (χ0n) is 17.5. The Hall–Kier alpha value is -1.98. The largest absolute Gasteiger partial charge is 0.476 e. The monoisotopic (exact) mass is 392 g/mol. The van der Waals surface area contributed by atoms with Crippen LogP contribution in [0.1, 0.15) is 118 Å². The molecule has 0 spiro atoms. The van der Waals surface area contributed by atoms with E-state index in [0.29, 0.717) is 12.1 Å². The van der Waals surface area contributed by atoms with Gasteiger partial charge in [0, 0.05) is 6.20 Å². The number of carboxylic acids is 1. The third-order valence-electron chi connectivity index (χ3n) is 4.74. The fourth-order valence-corrected chi connectivity index (χ4v) is 3.05. The lowest BCUT2D eigenvalue weighted by Gasteiger charge is -2.08. The van der Waals surface area contributed by atoms with E-state index in [0.717, 1.165) is 32.1 Å². The summed E-state index contributed by atoms with van der Waals surface area (Å²) in [6, 6.07) is 0. The van der Waals surface area contributed by atoms with Crippen LogP contribution in [-0.4, -0.2) is 33.6 Å². The number of rotatable bonds is 16. The van der Waals surface area contributed by atoms with E-state index in [2.05, 4.69) is 23.8 Å². The lowest BCUT2D eigenvalue weighted by atomic mass is 10.1. The first-order chi connectivity index (χ1) is 13.6. The number of esters is 1. The van der Waals surface area contributed by atoms with Crippen LogP contribution in [0.4, 0.5) is 0 Å². The van der Waals surface area contributed by atoms with Gasteiger partial charge in [-0.3, -0.25) is 0 Å². The first-order valence-electron chi connectivity index (χ1n) is 10.9. The van der Waals surface area contributed by atoms with E-state index in [1.54, 1.807) is 0 Å². The fourth-order valence-electron chi connectivity index (χ4n) is 3.05. The highest BCUT2D eigenvalue weighted by Crippen LogP contribution is 2.12. The lowest BCUT2D eigenvalue weighted by molar-refractivity contribution is 0.0478. The molecule has 0 saturated heterocycles. The molecule has 0 amide bonds. The number of carboxylic acid groups (broad SMARTS) is 1. The van der Waals surface area contributed by atoms with Crippen molar-refractivity contribution in [2.45, 2.75) is 97.3 Å². The van der Waals surface area contributed by atoms with E-state index in [-0.39, 0.29) is 18.0 Å². The summed E-state index contributed by atoms with van der Waals surface area (Å²) in [5.41, 5.74) is 0.0990. The van der Waals surface area contributed by atoms with E-state index in [9.17, 15) is 14.7 Å². The van der Waals surface area contributed by atoms with Crippen LogP contribution in [0.15, 0.2) is 6.20 Å². The van der Waals surface area contributed by atoms with Gasteiger partial charge in [-0.1, -0.05) is 78.1 Å². The number of ether oxygens (including phenoxy) is 1. The van der Waals surface area contributed by atoms with Gasteiger partial charge in [0.1, 0.15) is 0 Å². The molecule has 0 aliphatic carbocycles. The minimum Gasteiger partial charge on any atom is -0.476 e. The predicted molar refractivity (Wildman–Crippen MR) is 110 cm³/mol. The molecule has 1 rings (SSSR count). The maximum atomic E-state index is 12.2. The molecule has 158 valence electrons. The van der Waals surface area contributed by atoms with Gasteiger partial charge in [-0.05, 0) is 19.3 Å². The second-order valence-electron chi connectivity index (χ2n) is 7.29. The molecule has 0 aromatic carbocycles. The van der Waals surface area contributed by atoms with E-state index >= 15 is 0 Å². The van der Waals surface area contributed by atoms with Gasteiger partial charge in [0.2, 0.25) is 0 Å². The number of hydrogen-bond acceptors (Lipinski definition) is 5. The fraction of sp³-hybridized carbons (Fsp3) is 0.727. The average molecular weight is 393 g/mol. The minimum atomic E-state index is -1.25. The quantitative estimate of drug-likeness (QED) is 0.291. The van der Waals surface area contributed by atoms with Gasteiger partial charge in [0.15, 0.2) is 11.4 Å². The molecule has 6 nitrogen and oxygen atoms in total. The van der Waals surface area contributed by atoms with Gasteiger partial charge in [-0.2, -0.15) is 0 Å². The van der Waals surface area contributed by atoms with Crippen molar-refractivity contribution in [1.82, 2.24) is 9.97 Å². The molecule has 0 fully saturated rings. The van der Waals surface area contributed by atoms with E-state index in [1.807, 2.05) is 0 Å². The van der Waals surface area contributed by atoms with Gasteiger partial charge >= 0.3 is 11.9 Å². The van der Waals surface area contributed by atoms with Crippen molar-refractivity contribution in [3.8, 4) is 0 Å². The van der Waals surface area contributed by atoms with E-state index in [1.165, 1.54) is 51.1 Å². The second kappa shape index (κ2) is 15.0. The smallest absolute Gasteiger partial charge is 0.359 e. The number of hydrogen-bond donors (Lipinski definition) is 1. The summed E-state index contributed by atoms with van der Waals surface area (Å²) in [7, 11) is 0. The zero-order valence-corrected chi connectivity index (χ0v) is 17.5. The maximum Gasteiger partial charge on any atom is 0.359 e. The number of aryl methyl sites for hydroxylation is 1. The molecule has 0 unspecified atom stereocenters. The first kappa shape index (κ1) is 24.1. The van der Waals surface area contributed by atoms with Crippen LogP contribution >= 0.6 is 0 Å².